The molecule has 4 saturated heterocycles. The first-order valence-corrected chi connectivity index (χ1v) is 36.6. The van der Waals surface area contributed by atoms with E-state index in [1.807, 2.05) is 13.8 Å². The SMILES string of the molecule is CCO.Cc1cc(C(=O)N2CCC(O)CC2)cc(C)c1/C=C/S(=O)(=O)N1CCC(N)(C(N)=O)CC1.Cc1cc(C(=O)N2CCC(O)CC2)cc(C)c1/C=C/S(=O)(=O)N1CCC2(CC1)N=C(c1cccc(OCCCC(F)(F)C(F)(F)F)c1)NC2=O.O=C(O)c1cccc(OCCCC(F)(F)C(F)(F)F)c1. The van der Waals surface area contributed by atoms with Gasteiger partial charge in [-0.25, -0.2) is 21.6 Å². The van der Waals surface area contributed by atoms with Crippen molar-refractivity contribution in [2.24, 2.45) is 16.5 Å². The Labute approximate surface area is 602 Å². The highest BCUT2D eigenvalue weighted by molar-refractivity contribution is 7.92. The molecule has 580 valence electrons. The Morgan fingerprint density at radius 2 is 0.971 bits per heavy atom. The Bertz CT molecular complexity index is 4010. The molecule has 0 aromatic heterocycles. The summed E-state index contributed by atoms with van der Waals surface area (Å²) in [7, 11) is -7.57. The fraction of sp³-hybridized carbons (Fsp3) is 0.514. The number of aliphatic hydroxyl groups excluding tert-OH is 3. The van der Waals surface area contributed by atoms with Gasteiger partial charge in [0, 0.05) is 99.3 Å². The van der Waals surface area contributed by atoms with Crippen LogP contribution in [-0.4, -0.2) is 211 Å². The van der Waals surface area contributed by atoms with Crippen molar-refractivity contribution < 1.29 is 115 Å². The Kier molecular flexibility index (Phi) is 29.5. The number of nitrogens with two attached hydrogens (primary N) is 2. The molecule has 1 spiro atoms. The summed E-state index contributed by atoms with van der Waals surface area (Å²) in [6.45, 7) is 10.8. The van der Waals surface area contributed by atoms with E-state index < -0.39 is 105 Å². The summed E-state index contributed by atoms with van der Waals surface area (Å²) in [5, 5.41) is 40.7. The predicted molar refractivity (Wildman–Crippen MR) is 369 cm³/mol. The van der Waals surface area contributed by atoms with Gasteiger partial charge in [0.05, 0.1) is 36.5 Å². The van der Waals surface area contributed by atoms with Crippen LogP contribution < -0.4 is 26.3 Å². The van der Waals surface area contributed by atoms with E-state index in [0.717, 1.165) is 44.7 Å². The molecule has 23 nitrogen and oxygen atoms in total. The van der Waals surface area contributed by atoms with E-state index >= 15 is 0 Å². The first-order chi connectivity index (χ1) is 48.9. The average Bonchev–Trinajstić information content (AvgIpc) is 1.65. The molecule has 4 amide bonds. The van der Waals surface area contributed by atoms with Crippen molar-refractivity contribution in [3.05, 3.63) is 139 Å². The summed E-state index contributed by atoms with van der Waals surface area (Å²) in [5.41, 5.74) is 14.8. The number of aliphatic hydroxyl groups is 3. The average molecular weight is 1540 g/mol. The number of carbonyl (C=O) groups is 5. The number of ether oxygens (including phenoxy) is 2. The molecule has 5 heterocycles. The summed E-state index contributed by atoms with van der Waals surface area (Å²) in [5.74, 6) is -11.5. The molecule has 0 atom stereocenters. The summed E-state index contributed by atoms with van der Waals surface area (Å²) in [4.78, 5) is 69.1. The van der Waals surface area contributed by atoms with Gasteiger partial charge in [-0.3, -0.25) is 24.2 Å². The standard InChI is InChI=1S/C34H39F5N4O6S.C22H32N4O5S.C12H11F5O3.C2H6O/c1-22-19-25(30(45)42-13-7-26(44)8-14-42)20-23(2)28(22)9-18-50(47,48)43-15-11-32(12-16-43)31(46)40-29(41-32)24-5-3-6-27(21-24)49-17-4-10-33(35,36)34(37,38)39;1-15-13-17(20(28)25-8-3-18(27)4-9-25)14-16(2)19(15)5-12-32(30,31)26-10-6-22(24,7-11-26)21(23)29;13-11(14,12(15,16)17)5-2-6-20-9-4-1-3-8(7-9)10(18)19;1-2-3/h3,5-6,9,18-21,26,44H,4,7-8,10-17H2,1-2H3,(H,40,41,46);5,12-14,18,27H,3-4,6-11,24H2,1-2H3,(H2,23,29);1,3-4,7H,2,5-6H2,(H,18,19);3H,2H2,1H3/b18-9+;12-5+;;. The minimum absolute atomic E-state index is 0.0263. The van der Waals surface area contributed by atoms with Crippen LogP contribution in [0.3, 0.4) is 0 Å². The fourth-order valence-electron chi connectivity index (χ4n) is 11.9. The van der Waals surface area contributed by atoms with Crippen molar-refractivity contribution in [3.63, 3.8) is 0 Å². The molecule has 35 heteroatoms. The lowest BCUT2D eigenvalue weighted by molar-refractivity contribution is -0.284. The van der Waals surface area contributed by atoms with E-state index in [1.54, 1.807) is 73.0 Å². The van der Waals surface area contributed by atoms with Crippen LogP contribution in [-0.2, 0) is 29.6 Å². The van der Waals surface area contributed by atoms with Crippen LogP contribution >= 0.6 is 0 Å². The van der Waals surface area contributed by atoms with Crippen molar-refractivity contribution in [1.82, 2.24) is 23.7 Å². The second kappa shape index (κ2) is 36.0. The van der Waals surface area contributed by atoms with Gasteiger partial charge in [-0.1, -0.05) is 18.2 Å². The fourth-order valence-corrected chi connectivity index (χ4v) is 14.2. The van der Waals surface area contributed by atoms with Gasteiger partial charge in [-0.15, -0.1) is 0 Å². The number of rotatable bonds is 21. The number of carbonyl (C=O) groups excluding carboxylic acids is 4. The number of aliphatic imine (C=N–C) groups is 1. The third kappa shape index (κ3) is 23.2. The largest absolute Gasteiger partial charge is 0.494 e. The molecule has 4 aromatic carbocycles. The topological polar surface area (TPSA) is 342 Å². The lowest BCUT2D eigenvalue weighted by atomic mass is 9.89. The van der Waals surface area contributed by atoms with E-state index in [-0.39, 0.29) is 112 Å². The number of hydrogen-bond acceptors (Lipinski definition) is 16. The first kappa shape index (κ1) is 85.9. The van der Waals surface area contributed by atoms with Gasteiger partial charge in [0.25, 0.3) is 17.7 Å². The number of amidine groups is 1. The van der Waals surface area contributed by atoms with Crippen molar-refractivity contribution in [2.75, 3.05) is 72.2 Å². The van der Waals surface area contributed by atoms with E-state index in [4.69, 9.17) is 31.2 Å². The number of alkyl halides is 10. The summed E-state index contributed by atoms with van der Waals surface area (Å²) >= 11 is 0. The second-order valence-electron chi connectivity index (χ2n) is 26.0. The first-order valence-electron chi connectivity index (χ1n) is 33.6. The van der Waals surface area contributed by atoms with Crippen molar-refractivity contribution in [1.29, 1.82) is 0 Å². The van der Waals surface area contributed by atoms with Gasteiger partial charge >= 0.3 is 30.2 Å². The van der Waals surface area contributed by atoms with E-state index in [1.165, 1.54) is 45.0 Å². The number of piperidine rings is 4. The highest BCUT2D eigenvalue weighted by Crippen LogP contribution is 2.41. The number of carboxylic acids is 1. The number of nitrogens with zero attached hydrogens (tertiary/aromatic N) is 5. The van der Waals surface area contributed by atoms with Crippen molar-refractivity contribution >= 4 is 67.6 Å². The zero-order valence-electron chi connectivity index (χ0n) is 58.4. The highest BCUT2D eigenvalue weighted by Gasteiger charge is 2.57. The number of aryl methyl sites for hydroxylation is 4. The van der Waals surface area contributed by atoms with Gasteiger partial charge in [0.2, 0.25) is 26.0 Å². The highest BCUT2D eigenvalue weighted by atomic mass is 32.2. The molecule has 5 aliphatic rings. The number of aromatic carboxylic acids is 1. The van der Waals surface area contributed by atoms with Gasteiger partial charge in [0.15, 0.2) is 0 Å². The maximum absolute atomic E-state index is 13.3. The van der Waals surface area contributed by atoms with Crippen LogP contribution in [0.5, 0.6) is 11.5 Å². The van der Waals surface area contributed by atoms with Crippen LogP contribution in [0.25, 0.3) is 12.2 Å². The number of sulfonamides is 2. The Balaban J connectivity index is 0.000000268. The van der Waals surface area contributed by atoms with Gasteiger partial charge in [-0.05, 0) is 199 Å². The number of carboxylic acid groups (broad SMARTS) is 1. The summed E-state index contributed by atoms with van der Waals surface area (Å²) < 4.78 is 189. The van der Waals surface area contributed by atoms with Crippen LogP contribution in [0, 0.1) is 27.7 Å². The molecule has 4 fully saturated rings. The minimum Gasteiger partial charge on any atom is -0.494 e. The third-order valence-corrected chi connectivity index (χ3v) is 21.3. The molecule has 0 bridgehead atoms. The van der Waals surface area contributed by atoms with Crippen molar-refractivity contribution in [2.45, 2.75) is 159 Å². The van der Waals surface area contributed by atoms with Crippen LogP contribution in [0.4, 0.5) is 43.9 Å². The molecule has 105 heavy (non-hydrogen) atoms. The molecule has 4 aromatic rings. The number of likely N-dealkylation sites (tertiary alicyclic amines) is 2. The number of benzene rings is 4. The van der Waals surface area contributed by atoms with Crippen LogP contribution in [0.15, 0.2) is 88.6 Å². The van der Waals surface area contributed by atoms with Gasteiger partial charge in [-0.2, -0.15) is 52.5 Å². The quantitative estimate of drug-likeness (QED) is 0.0302. The van der Waals surface area contributed by atoms with E-state index in [2.05, 4.69) is 10.3 Å². The van der Waals surface area contributed by atoms with E-state index in [9.17, 15) is 94.9 Å². The molecule has 0 aliphatic carbocycles. The van der Waals surface area contributed by atoms with Crippen molar-refractivity contribution in [3.8, 4) is 11.5 Å². The maximum atomic E-state index is 13.3. The predicted octanol–water partition coefficient (Wildman–Crippen LogP) is 9.19. The summed E-state index contributed by atoms with van der Waals surface area (Å²) in [6, 6.07) is 18.4. The molecular formula is C70H88F10N8O15S2. The Morgan fingerprint density at radius 3 is 1.34 bits per heavy atom. The van der Waals surface area contributed by atoms with Gasteiger partial charge < -0.3 is 56.5 Å². The number of hydrogen-bond donors (Lipinski definition) is 7. The van der Waals surface area contributed by atoms with E-state index in [0.29, 0.717) is 74.1 Å². The number of amides is 4. The number of primary amides is 1. The van der Waals surface area contributed by atoms with Crippen LogP contribution in [0.1, 0.15) is 154 Å². The third-order valence-electron chi connectivity index (χ3n) is 18.2. The summed E-state index contributed by atoms with van der Waals surface area (Å²) in [6.07, 6.45) is -9.97. The van der Waals surface area contributed by atoms with Gasteiger partial charge in [0.1, 0.15) is 22.9 Å². The molecule has 5 aliphatic heterocycles. The molecule has 0 radical (unpaired) electrons. The molecule has 9 N–H and O–H groups in total. The Hall–Kier alpha value is -8.06. The lowest BCUT2D eigenvalue weighted by Gasteiger charge is -2.35. The molecule has 0 saturated carbocycles. The maximum Gasteiger partial charge on any atom is 0.453 e. The zero-order chi connectivity index (χ0) is 78.3. The minimum atomic E-state index is -5.63. The Morgan fingerprint density at radius 1 is 0.600 bits per heavy atom. The smallest absolute Gasteiger partial charge is 0.453 e. The van der Waals surface area contributed by atoms with Crippen LogP contribution in [0.2, 0.25) is 0 Å². The number of nitrogens with one attached hydrogen (secondary N) is 1. The second-order valence-corrected chi connectivity index (χ2v) is 29.7. The lowest BCUT2D eigenvalue weighted by Crippen LogP contribution is -2.58. The normalized spacial score (nSPS) is 17.9. The molecule has 0 unspecified atom stereocenters. The molecule has 9 rings (SSSR count). The number of halogens is 10. The monoisotopic (exact) mass is 1530 g/mol. The molecular weight excluding hydrogens is 1450 g/mol. The zero-order valence-corrected chi connectivity index (χ0v) is 60.1.